The van der Waals surface area contributed by atoms with Gasteiger partial charge in [0.05, 0.1) is 22.4 Å². The number of anilines is 1. The van der Waals surface area contributed by atoms with E-state index in [2.05, 4.69) is 25.5 Å². The number of nitrogens with one attached hydrogen (secondary N) is 1. The maximum absolute atomic E-state index is 12.1. The Morgan fingerprint density at radius 2 is 1.90 bits per heavy atom. The summed E-state index contributed by atoms with van der Waals surface area (Å²) in [6.45, 7) is 3.81. The topological polar surface area (TPSA) is 80.7 Å². The summed E-state index contributed by atoms with van der Waals surface area (Å²) >= 11 is 1.27. The van der Waals surface area contributed by atoms with Crippen LogP contribution in [0.2, 0.25) is 0 Å². The lowest BCUT2D eigenvalue weighted by atomic mass is 10.1. The normalized spacial score (nSPS) is 10.7. The highest BCUT2D eigenvalue weighted by Gasteiger charge is 2.10. The molecule has 0 saturated heterocycles. The van der Waals surface area contributed by atoms with Gasteiger partial charge in [-0.3, -0.25) is 10.1 Å². The number of aryl methyl sites for hydroxylation is 2. The fourth-order valence-electron chi connectivity index (χ4n) is 1.77. The molecule has 0 atom stereocenters. The monoisotopic (exact) mass is 285 g/mol. The third-order valence-electron chi connectivity index (χ3n) is 2.92. The molecule has 2 aromatic heterocycles. The quantitative estimate of drug-likeness (QED) is 0.781. The van der Waals surface area contributed by atoms with Gasteiger partial charge < -0.3 is 0 Å². The van der Waals surface area contributed by atoms with Crippen LogP contribution in [0.25, 0.3) is 11.0 Å². The molecule has 0 radical (unpaired) electrons. The first-order valence-electron chi connectivity index (χ1n) is 5.96. The number of carbonyl (C=O) groups is 1. The second kappa shape index (κ2) is 4.93. The van der Waals surface area contributed by atoms with Crippen LogP contribution in [-0.2, 0) is 0 Å². The summed E-state index contributed by atoms with van der Waals surface area (Å²) in [5.41, 5.74) is 5.32. The number of rotatable bonds is 2. The molecule has 6 nitrogen and oxygen atoms in total. The summed E-state index contributed by atoms with van der Waals surface area (Å²) in [4.78, 5) is 21.0. The van der Waals surface area contributed by atoms with E-state index in [1.807, 2.05) is 13.8 Å². The predicted molar refractivity (Wildman–Crippen MR) is 76.9 cm³/mol. The van der Waals surface area contributed by atoms with Crippen molar-refractivity contribution in [2.45, 2.75) is 13.8 Å². The summed E-state index contributed by atoms with van der Waals surface area (Å²) < 4.78 is 0. The van der Waals surface area contributed by atoms with E-state index in [0.717, 1.165) is 16.9 Å². The molecule has 20 heavy (non-hydrogen) atoms. The minimum atomic E-state index is -0.233. The molecule has 0 aliphatic carbocycles. The summed E-state index contributed by atoms with van der Waals surface area (Å²) in [5, 5.41) is 10.6. The largest absolute Gasteiger partial charge is 0.296 e. The molecular weight excluding hydrogens is 274 g/mol. The molecule has 3 rings (SSSR count). The van der Waals surface area contributed by atoms with Gasteiger partial charge in [-0.05, 0) is 32.0 Å². The number of aromatic nitrogens is 4. The molecule has 0 spiro atoms. The van der Waals surface area contributed by atoms with Crippen LogP contribution in [0.1, 0.15) is 21.7 Å². The highest BCUT2D eigenvalue weighted by molar-refractivity contribution is 7.13. The number of nitrogens with zero attached hydrogens (tertiary/aromatic N) is 4. The summed E-state index contributed by atoms with van der Waals surface area (Å²) in [6, 6.07) is 5.25. The van der Waals surface area contributed by atoms with Gasteiger partial charge in [0.1, 0.15) is 5.51 Å². The molecule has 0 fully saturated rings. The van der Waals surface area contributed by atoms with Crippen molar-refractivity contribution in [2.24, 2.45) is 0 Å². The van der Waals surface area contributed by atoms with Gasteiger partial charge in [0, 0.05) is 5.56 Å². The highest BCUT2D eigenvalue weighted by atomic mass is 32.1. The number of fused-ring (bicyclic) bond motifs is 1. The molecule has 7 heteroatoms. The van der Waals surface area contributed by atoms with Gasteiger partial charge >= 0.3 is 0 Å². The van der Waals surface area contributed by atoms with Crippen molar-refractivity contribution >= 4 is 33.4 Å². The van der Waals surface area contributed by atoms with Gasteiger partial charge in [0.25, 0.3) is 5.91 Å². The molecule has 2 heterocycles. The molecule has 0 saturated carbocycles. The maximum Gasteiger partial charge on any atom is 0.257 e. The van der Waals surface area contributed by atoms with E-state index in [4.69, 9.17) is 0 Å². The van der Waals surface area contributed by atoms with Gasteiger partial charge in [0.15, 0.2) is 0 Å². The summed E-state index contributed by atoms with van der Waals surface area (Å²) in [6.07, 6.45) is 0. The smallest absolute Gasteiger partial charge is 0.257 e. The summed E-state index contributed by atoms with van der Waals surface area (Å²) in [5.74, 6) is -0.233. The Morgan fingerprint density at radius 3 is 2.60 bits per heavy atom. The fourth-order valence-corrected chi connectivity index (χ4v) is 2.21. The van der Waals surface area contributed by atoms with Crippen molar-refractivity contribution in [3.05, 3.63) is 40.7 Å². The van der Waals surface area contributed by atoms with Crippen molar-refractivity contribution in [1.29, 1.82) is 0 Å². The molecule has 3 aromatic rings. The average Bonchev–Trinajstić information content (AvgIpc) is 2.92. The van der Waals surface area contributed by atoms with E-state index in [1.165, 1.54) is 11.3 Å². The third kappa shape index (κ3) is 2.35. The molecule has 0 aliphatic heterocycles. The molecule has 0 aliphatic rings. The van der Waals surface area contributed by atoms with Crippen LogP contribution in [-0.4, -0.2) is 26.1 Å². The number of hydrogen-bond acceptors (Lipinski definition) is 6. The third-order valence-corrected chi connectivity index (χ3v) is 3.52. The van der Waals surface area contributed by atoms with E-state index in [1.54, 1.807) is 23.7 Å². The standard InChI is InChI=1S/C13H11N5OS/c1-7-8(2)16-11-5-9(3-4-10(11)15-7)12(19)17-13-18-14-6-20-13/h3-6H,1-2H3,(H,17,18,19). The van der Waals surface area contributed by atoms with Gasteiger partial charge in [0.2, 0.25) is 5.13 Å². The summed E-state index contributed by atoms with van der Waals surface area (Å²) in [7, 11) is 0. The number of hydrogen-bond donors (Lipinski definition) is 1. The first kappa shape index (κ1) is 12.6. The van der Waals surface area contributed by atoms with E-state index in [-0.39, 0.29) is 5.91 Å². The van der Waals surface area contributed by atoms with Crippen LogP contribution >= 0.6 is 11.3 Å². The minimum absolute atomic E-state index is 0.233. The average molecular weight is 285 g/mol. The van der Waals surface area contributed by atoms with Gasteiger partial charge in [-0.15, -0.1) is 10.2 Å². The van der Waals surface area contributed by atoms with Crippen LogP contribution in [0.4, 0.5) is 5.13 Å². The van der Waals surface area contributed by atoms with Crippen molar-refractivity contribution < 1.29 is 4.79 Å². The molecule has 1 aromatic carbocycles. The molecular formula is C13H11N5OS. The molecule has 0 unspecified atom stereocenters. The Bertz CT molecular complexity index is 785. The van der Waals surface area contributed by atoms with Crippen LogP contribution in [0, 0.1) is 13.8 Å². The first-order valence-corrected chi connectivity index (χ1v) is 6.84. The number of amides is 1. The van der Waals surface area contributed by atoms with E-state index in [9.17, 15) is 4.79 Å². The lowest BCUT2D eigenvalue weighted by Crippen LogP contribution is -2.11. The van der Waals surface area contributed by atoms with Crippen molar-refractivity contribution in [3.63, 3.8) is 0 Å². The zero-order valence-corrected chi connectivity index (χ0v) is 11.7. The highest BCUT2D eigenvalue weighted by Crippen LogP contribution is 2.16. The Labute approximate surface area is 118 Å². The Balaban J connectivity index is 1.96. The molecule has 100 valence electrons. The second-order valence-corrected chi connectivity index (χ2v) is 5.13. The molecule has 0 bridgehead atoms. The van der Waals surface area contributed by atoms with Crippen LogP contribution in [0.5, 0.6) is 0 Å². The van der Waals surface area contributed by atoms with E-state index >= 15 is 0 Å². The second-order valence-electron chi connectivity index (χ2n) is 4.30. The Hall–Kier alpha value is -2.41. The Kier molecular flexibility index (Phi) is 3.11. The number of benzene rings is 1. The van der Waals surface area contributed by atoms with Crippen LogP contribution in [0.15, 0.2) is 23.7 Å². The van der Waals surface area contributed by atoms with E-state index in [0.29, 0.717) is 16.2 Å². The molecule has 1 N–H and O–H groups in total. The van der Waals surface area contributed by atoms with Crippen molar-refractivity contribution in [3.8, 4) is 0 Å². The molecule has 1 amide bonds. The zero-order chi connectivity index (χ0) is 14.1. The lowest BCUT2D eigenvalue weighted by molar-refractivity contribution is 0.102. The van der Waals surface area contributed by atoms with Gasteiger partial charge in [-0.25, -0.2) is 9.97 Å². The minimum Gasteiger partial charge on any atom is -0.296 e. The predicted octanol–water partition coefficient (Wildman–Crippen LogP) is 2.35. The Morgan fingerprint density at radius 1 is 1.15 bits per heavy atom. The lowest BCUT2D eigenvalue weighted by Gasteiger charge is -2.05. The van der Waals surface area contributed by atoms with Gasteiger partial charge in [-0.1, -0.05) is 11.3 Å². The zero-order valence-electron chi connectivity index (χ0n) is 10.9. The fraction of sp³-hybridized carbons (Fsp3) is 0.154. The van der Waals surface area contributed by atoms with Crippen molar-refractivity contribution in [2.75, 3.05) is 5.32 Å². The van der Waals surface area contributed by atoms with E-state index < -0.39 is 0 Å². The number of carbonyl (C=O) groups excluding carboxylic acids is 1. The van der Waals surface area contributed by atoms with Crippen LogP contribution in [0.3, 0.4) is 0 Å². The van der Waals surface area contributed by atoms with Gasteiger partial charge in [-0.2, -0.15) is 0 Å². The maximum atomic E-state index is 12.1. The van der Waals surface area contributed by atoms with Crippen LogP contribution < -0.4 is 5.32 Å². The first-order chi connectivity index (χ1) is 9.63. The SMILES string of the molecule is Cc1nc2ccc(C(=O)Nc3nncs3)cc2nc1C. The van der Waals surface area contributed by atoms with Crippen molar-refractivity contribution in [1.82, 2.24) is 20.2 Å².